The van der Waals surface area contributed by atoms with E-state index in [2.05, 4.69) is 10.6 Å². The van der Waals surface area contributed by atoms with Crippen LogP contribution >= 0.6 is 11.6 Å². The minimum Gasteiger partial charge on any atom is -0.534 e. The molecule has 4 rings (SSSR count). The molecule has 1 saturated heterocycles. The lowest BCUT2D eigenvalue weighted by Crippen LogP contribution is -2.60. The summed E-state index contributed by atoms with van der Waals surface area (Å²) in [6, 6.07) is -0.727. The second kappa shape index (κ2) is 11.7. The number of carboxylic acid groups (broad SMARTS) is 1. The number of carbonyl (C=O) groups is 5. The quantitative estimate of drug-likeness (QED) is 0.150. The highest BCUT2D eigenvalue weighted by molar-refractivity contribution is 6.47. The van der Waals surface area contributed by atoms with Gasteiger partial charge in [-0.05, 0) is 19.4 Å². The van der Waals surface area contributed by atoms with Gasteiger partial charge < -0.3 is 40.5 Å². The first-order chi connectivity index (χ1) is 19.8. The molecule has 0 bridgehead atoms. The first-order valence-corrected chi connectivity index (χ1v) is 12.6. The van der Waals surface area contributed by atoms with Crippen LogP contribution in [0.4, 0.5) is 13.6 Å². The molecule has 222 valence electrons. The number of halogens is 3. The van der Waals surface area contributed by atoms with Gasteiger partial charge in [0.15, 0.2) is 11.5 Å². The third-order valence-electron chi connectivity index (χ3n) is 6.73. The normalized spacial score (nSPS) is 17.4. The summed E-state index contributed by atoms with van der Waals surface area (Å²) < 4.78 is 33.7. The summed E-state index contributed by atoms with van der Waals surface area (Å²) in [6.07, 6.45) is -0.587. The summed E-state index contributed by atoms with van der Waals surface area (Å²) in [5, 5.41) is 43.6. The Morgan fingerprint density at radius 2 is 1.86 bits per heavy atom. The van der Waals surface area contributed by atoms with E-state index < -0.39 is 100 Å². The number of fused-ring (bicyclic) bond motifs is 1. The Labute approximate surface area is 240 Å². The number of hydrogen-bond donors (Lipinski definition) is 6. The van der Waals surface area contributed by atoms with Gasteiger partial charge in [0.25, 0.3) is 0 Å². The van der Waals surface area contributed by atoms with E-state index in [0.717, 1.165) is 12.1 Å². The average Bonchev–Trinajstić information content (AvgIpc) is 2.92. The Kier molecular flexibility index (Phi) is 8.44. The van der Waals surface area contributed by atoms with Gasteiger partial charge in [-0.1, -0.05) is 17.7 Å². The van der Waals surface area contributed by atoms with Crippen molar-refractivity contribution in [2.75, 3.05) is 19.6 Å². The molecule has 0 aliphatic carbocycles. The number of aromatic carboxylic acids is 1. The van der Waals surface area contributed by atoms with Crippen molar-refractivity contribution in [3.05, 3.63) is 51.5 Å². The number of hydrogen-bond acceptors (Lipinski definition) is 9. The summed E-state index contributed by atoms with van der Waals surface area (Å²) in [7, 11) is -2.03. The first kappa shape index (κ1) is 30.3. The number of urea groups is 1. The van der Waals surface area contributed by atoms with E-state index in [9.17, 15) is 53.1 Å². The fourth-order valence-corrected chi connectivity index (χ4v) is 4.79. The molecule has 42 heavy (non-hydrogen) atoms. The van der Waals surface area contributed by atoms with Crippen molar-refractivity contribution < 1.29 is 57.8 Å². The molecule has 1 fully saturated rings. The molecular weight excluding hydrogens is 589 g/mol. The predicted molar refractivity (Wildman–Crippen MR) is 138 cm³/mol. The number of imide groups is 1. The van der Waals surface area contributed by atoms with Crippen LogP contribution in [-0.2, 0) is 20.8 Å². The molecule has 18 heteroatoms. The summed E-state index contributed by atoms with van der Waals surface area (Å²) >= 11 is 6.12. The number of amides is 5. The number of rotatable bonds is 6. The van der Waals surface area contributed by atoms with Crippen LogP contribution < -0.4 is 15.3 Å². The van der Waals surface area contributed by atoms with Crippen molar-refractivity contribution in [1.82, 2.24) is 20.4 Å². The van der Waals surface area contributed by atoms with Crippen LogP contribution in [0.1, 0.15) is 34.5 Å². The Hall–Kier alpha value is -4.64. The molecule has 2 heterocycles. The Morgan fingerprint density at radius 3 is 2.50 bits per heavy atom. The number of nitrogens with one attached hydrogen (secondary N) is 2. The zero-order valence-corrected chi connectivity index (χ0v) is 22.3. The van der Waals surface area contributed by atoms with Gasteiger partial charge in [-0.3, -0.25) is 19.3 Å². The molecule has 2 aliphatic rings. The third-order valence-corrected chi connectivity index (χ3v) is 7.13. The molecule has 2 aliphatic heterocycles. The van der Waals surface area contributed by atoms with E-state index >= 15 is 0 Å². The van der Waals surface area contributed by atoms with Crippen molar-refractivity contribution in [3.8, 4) is 17.2 Å². The zero-order valence-electron chi connectivity index (χ0n) is 21.6. The fraction of sp³-hybridized carbons (Fsp3) is 0.292. The predicted octanol–water partition coefficient (Wildman–Crippen LogP) is 0.309. The minimum atomic E-state index is -2.03. The summed E-state index contributed by atoms with van der Waals surface area (Å²) in [6.45, 7) is 1.64. The molecule has 0 spiro atoms. The lowest BCUT2D eigenvalue weighted by atomic mass is 9.72. The standard InChI is InChI=1S/C24H22BClF2N4O10/c1-2-31-5-6-32(22(37)21(31)36)24(40)30-17(9-3-4-13(33)18(34)16(9)26)20(35)29-14-7-10-11(27)8-12(28)15(23(38)39)19(10)42-25(14)41/h3-4,8,14,17,33-34,41H,2,5-7H2,1H3,(H,29,35)(H,30,40)(H,38,39)/t14-,17?/m0/s1. The summed E-state index contributed by atoms with van der Waals surface area (Å²) in [4.78, 5) is 64.6. The van der Waals surface area contributed by atoms with E-state index in [1.165, 1.54) is 4.90 Å². The van der Waals surface area contributed by atoms with Gasteiger partial charge in [-0.25, -0.2) is 18.4 Å². The molecule has 2 aromatic rings. The van der Waals surface area contributed by atoms with Crippen LogP contribution in [0.5, 0.6) is 17.2 Å². The van der Waals surface area contributed by atoms with Crippen LogP contribution in [0.25, 0.3) is 0 Å². The third kappa shape index (κ3) is 5.47. The van der Waals surface area contributed by atoms with Crippen molar-refractivity contribution in [1.29, 1.82) is 0 Å². The molecule has 14 nitrogen and oxygen atoms in total. The van der Waals surface area contributed by atoms with E-state index in [0.29, 0.717) is 11.0 Å². The Bertz CT molecular complexity index is 1510. The SMILES string of the molecule is CCN1CCN(C(=O)NC(C(=O)N[C@H]2Cc3c(F)cc(F)c(C(=O)O)c3OB2O)c2ccc(O)c(O)c2Cl)C(=O)C1=O. The van der Waals surface area contributed by atoms with Gasteiger partial charge in [0.2, 0.25) is 5.91 Å². The Balaban J connectivity index is 1.64. The number of carbonyl (C=O) groups excluding carboxylic acids is 4. The number of nitrogens with zero attached hydrogens (tertiary/aromatic N) is 2. The topological polar surface area (TPSA) is 206 Å². The molecule has 2 atom stereocenters. The smallest absolute Gasteiger partial charge is 0.534 e. The second-order valence-electron chi connectivity index (χ2n) is 9.22. The largest absolute Gasteiger partial charge is 0.547 e. The molecule has 1 unspecified atom stereocenters. The van der Waals surface area contributed by atoms with Crippen LogP contribution in [-0.4, -0.2) is 92.6 Å². The van der Waals surface area contributed by atoms with Crippen molar-refractivity contribution in [3.63, 3.8) is 0 Å². The highest BCUT2D eigenvalue weighted by Crippen LogP contribution is 2.39. The highest BCUT2D eigenvalue weighted by atomic mass is 35.5. The molecule has 2 aromatic carbocycles. The van der Waals surface area contributed by atoms with Crippen molar-refractivity contribution in [2.45, 2.75) is 25.3 Å². The maximum absolute atomic E-state index is 14.6. The number of carboxylic acids is 1. The summed E-state index contributed by atoms with van der Waals surface area (Å²) in [5.41, 5.74) is -1.80. The fourth-order valence-electron chi connectivity index (χ4n) is 4.52. The molecule has 6 N–H and O–H groups in total. The monoisotopic (exact) mass is 610 g/mol. The number of phenols is 2. The number of aromatic hydroxyl groups is 2. The maximum Gasteiger partial charge on any atom is 0.547 e. The van der Waals surface area contributed by atoms with Gasteiger partial charge in [0.05, 0.1) is 11.0 Å². The molecule has 5 amide bonds. The molecule has 0 aromatic heterocycles. The molecule has 0 saturated carbocycles. The van der Waals surface area contributed by atoms with Gasteiger partial charge in [0, 0.05) is 36.8 Å². The number of piperazine rings is 1. The molecular formula is C24H22BClF2N4O10. The van der Waals surface area contributed by atoms with Gasteiger partial charge in [-0.15, -0.1) is 0 Å². The molecule has 0 radical (unpaired) electrons. The Morgan fingerprint density at radius 1 is 1.17 bits per heavy atom. The number of benzene rings is 2. The van der Waals surface area contributed by atoms with Crippen LogP contribution in [0, 0.1) is 11.6 Å². The van der Waals surface area contributed by atoms with Gasteiger partial charge in [-0.2, -0.15) is 0 Å². The van der Waals surface area contributed by atoms with E-state index in [1.807, 2.05) is 0 Å². The van der Waals surface area contributed by atoms with Crippen molar-refractivity contribution >= 4 is 48.4 Å². The van der Waals surface area contributed by atoms with Crippen LogP contribution in [0.15, 0.2) is 18.2 Å². The highest BCUT2D eigenvalue weighted by Gasteiger charge is 2.43. The van der Waals surface area contributed by atoms with Crippen LogP contribution in [0.3, 0.4) is 0 Å². The van der Waals surface area contributed by atoms with Gasteiger partial charge in [0.1, 0.15) is 29.0 Å². The average molecular weight is 611 g/mol. The van der Waals surface area contributed by atoms with Gasteiger partial charge >= 0.3 is 30.9 Å². The first-order valence-electron chi connectivity index (χ1n) is 12.3. The number of likely N-dealkylation sites (N-methyl/N-ethyl adjacent to an activating group) is 1. The zero-order chi connectivity index (χ0) is 31.0. The van der Waals surface area contributed by atoms with E-state index in [-0.39, 0.29) is 25.2 Å². The minimum absolute atomic E-state index is 0.0155. The van der Waals surface area contributed by atoms with Crippen LogP contribution in [0.2, 0.25) is 5.02 Å². The number of phenolic OH excluding ortho intramolecular Hbond substituents is 2. The lowest BCUT2D eigenvalue weighted by molar-refractivity contribution is -0.153. The van der Waals surface area contributed by atoms with E-state index in [1.54, 1.807) is 6.92 Å². The van der Waals surface area contributed by atoms with E-state index in [4.69, 9.17) is 16.3 Å². The summed E-state index contributed by atoms with van der Waals surface area (Å²) in [5.74, 6) is -11.6. The second-order valence-corrected chi connectivity index (χ2v) is 9.59. The lowest BCUT2D eigenvalue weighted by Gasteiger charge is -2.33. The van der Waals surface area contributed by atoms with Crippen molar-refractivity contribution in [2.24, 2.45) is 0 Å². The maximum atomic E-state index is 14.6.